The lowest BCUT2D eigenvalue weighted by Crippen LogP contribution is -2.32. The van der Waals surface area contributed by atoms with Gasteiger partial charge in [0.05, 0.1) is 4.53 Å². The number of aliphatic hydroxyl groups excluding tert-OH is 1. The molecule has 0 spiro atoms. The number of aliphatic hydroxyl groups is 1. The maximum absolute atomic E-state index is 8.81. The lowest BCUT2D eigenvalue weighted by molar-refractivity contribution is 0.178. The van der Waals surface area contributed by atoms with Crippen LogP contribution in [0.2, 0.25) is 0 Å². The van der Waals surface area contributed by atoms with Crippen LogP contribution in [0.5, 0.6) is 0 Å². The van der Waals surface area contributed by atoms with Crippen molar-refractivity contribution in [2.24, 2.45) is 0 Å². The summed E-state index contributed by atoms with van der Waals surface area (Å²) in [6, 6.07) is 0. The quantitative estimate of drug-likeness (QED) is 0.580. The van der Waals surface area contributed by atoms with E-state index in [9.17, 15) is 0 Å². The van der Waals surface area contributed by atoms with Crippen molar-refractivity contribution in [1.29, 1.82) is 0 Å². The fourth-order valence-electron chi connectivity index (χ4n) is 1.06. The van der Waals surface area contributed by atoms with Crippen LogP contribution >= 0.6 is 11.5 Å². The minimum Gasteiger partial charge on any atom is -0.376 e. The van der Waals surface area contributed by atoms with E-state index < -0.39 is 0 Å². The highest BCUT2D eigenvalue weighted by atomic mass is 32.1. The maximum atomic E-state index is 8.81. The Morgan fingerprint density at radius 3 is 3.45 bits per heavy atom. The zero-order chi connectivity index (χ0) is 7.68. The van der Waals surface area contributed by atoms with E-state index in [-0.39, 0.29) is 6.73 Å². The van der Waals surface area contributed by atoms with Crippen LogP contribution in [0.3, 0.4) is 0 Å². The first-order valence-electron chi connectivity index (χ1n) is 3.38. The maximum Gasteiger partial charge on any atom is 0.115 e. The molecule has 1 aliphatic rings. The molecular weight excluding hydrogens is 160 g/mol. The zero-order valence-electron chi connectivity index (χ0n) is 5.90. The summed E-state index contributed by atoms with van der Waals surface area (Å²) in [5, 5.41) is 9.92. The lowest BCUT2D eigenvalue weighted by Gasteiger charge is -2.15. The molecule has 0 radical (unpaired) electrons. The van der Waals surface area contributed by atoms with Crippen LogP contribution in [0.4, 0.5) is 0 Å². The molecule has 0 amide bonds. The molecule has 58 valence electrons. The second-order valence-electron chi connectivity index (χ2n) is 2.39. The van der Waals surface area contributed by atoms with E-state index >= 15 is 0 Å². The summed E-state index contributed by atoms with van der Waals surface area (Å²) in [6.45, 7) is 0.859. The molecular formula is C7H8N2OS. The van der Waals surface area contributed by atoms with Crippen molar-refractivity contribution in [2.75, 3.05) is 13.3 Å². The average Bonchev–Trinajstić information content (AvgIpc) is 2.50. The fraction of sp³-hybridized carbons (Fsp3) is 0.286. The Balaban J connectivity index is 2.53. The molecule has 0 aliphatic carbocycles. The molecule has 11 heavy (non-hydrogen) atoms. The van der Waals surface area contributed by atoms with Gasteiger partial charge in [0.15, 0.2) is 0 Å². The zero-order valence-corrected chi connectivity index (χ0v) is 6.71. The van der Waals surface area contributed by atoms with Gasteiger partial charge in [-0.15, -0.1) is 0 Å². The number of nitrogens with zero attached hydrogens (tertiary/aromatic N) is 2. The van der Waals surface area contributed by atoms with Crippen molar-refractivity contribution in [2.45, 2.75) is 0 Å². The van der Waals surface area contributed by atoms with Crippen molar-refractivity contribution in [3.05, 3.63) is 15.9 Å². The van der Waals surface area contributed by atoms with Crippen LogP contribution in [-0.4, -0.2) is 27.7 Å². The molecule has 0 fully saturated rings. The predicted octanol–water partition coefficient (Wildman–Crippen LogP) is -1.07. The van der Waals surface area contributed by atoms with Gasteiger partial charge < -0.3 is 10.0 Å². The van der Waals surface area contributed by atoms with E-state index in [1.165, 1.54) is 16.1 Å². The van der Waals surface area contributed by atoms with Crippen molar-refractivity contribution in [3.63, 3.8) is 0 Å². The molecule has 0 saturated carbocycles. The third kappa shape index (κ3) is 1.15. The first kappa shape index (κ1) is 6.82. The second kappa shape index (κ2) is 2.64. The molecule has 0 unspecified atom stereocenters. The smallest absolute Gasteiger partial charge is 0.115 e. The molecule has 1 aliphatic heterocycles. The standard InChI is InChI=1S/C7H8N2OS/c10-5-9-2-1-7-6(4-9)3-8-11-7/h1,3-4,10H,2,5H2. The van der Waals surface area contributed by atoms with E-state index in [2.05, 4.69) is 10.4 Å². The third-order valence-electron chi connectivity index (χ3n) is 1.64. The van der Waals surface area contributed by atoms with Crippen molar-refractivity contribution >= 4 is 23.8 Å². The Hall–Kier alpha value is -0.870. The highest BCUT2D eigenvalue weighted by Crippen LogP contribution is 1.91. The summed E-state index contributed by atoms with van der Waals surface area (Å²) < 4.78 is 5.25. The van der Waals surface area contributed by atoms with Gasteiger partial charge in [0.1, 0.15) is 6.73 Å². The normalized spacial score (nSPS) is 15.2. The lowest BCUT2D eigenvalue weighted by atomic mass is 10.3. The summed E-state index contributed by atoms with van der Waals surface area (Å²) in [6.07, 6.45) is 5.82. The van der Waals surface area contributed by atoms with Crippen LogP contribution in [0, 0.1) is 0 Å². The Kier molecular flexibility index (Phi) is 1.63. The van der Waals surface area contributed by atoms with Crippen LogP contribution in [0.1, 0.15) is 0 Å². The minimum atomic E-state index is 0.0752. The van der Waals surface area contributed by atoms with Gasteiger partial charge in [0, 0.05) is 24.2 Å². The molecule has 2 rings (SSSR count). The molecule has 1 N–H and O–H groups in total. The topological polar surface area (TPSA) is 36.4 Å². The molecule has 3 nitrogen and oxygen atoms in total. The number of fused-ring (bicyclic) bond motifs is 1. The molecule has 0 atom stereocenters. The Morgan fingerprint density at radius 1 is 1.73 bits per heavy atom. The highest BCUT2D eigenvalue weighted by Gasteiger charge is 2.00. The van der Waals surface area contributed by atoms with E-state index in [0.29, 0.717) is 0 Å². The largest absolute Gasteiger partial charge is 0.376 e. The monoisotopic (exact) mass is 168 g/mol. The van der Waals surface area contributed by atoms with Crippen molar-refractivity contribution < 1.29 is 5.11 Å². The van der Waals surface area contributed by atoms with Gasteiger partial charge in [-0.05, 0) is 17.6 Å². The summed E-state index contributed by atoms with van der Waals surface area (Å²) >= 11 is 1.49. The van der Waals surface area contributed by atoms with Crippen molar-refractivity contribution in [1.82, 2.24) is 9.27 Å². The predicted molar refractivity (Wildman–Crippen MR) is 44.1 cm³/mol. The minimum absolute atomic E-state index is 0.0752. The van der Waals surface area contributed by atoms with Gasteiger partial charge in [-0.2, -0.15) is 4.37 Å². The van der Waals surface area contributed by atoms with Crippen molar-refractivity contribution in [3.8, 4) is 0 Å². The van der Waals surface area contributed by atoms with Gasteiger partial charge >= 0.3 is 0 Å². The van der Waals surface area contributed by atoms with Gasteiger partial charge in [-0.3, -0.25) is 0 Å². The van der Waals surface area contributed by atoms with Gasteiger partial charge in [-0.1, -0.05) is 0 Å². The fourth-order valence-corrected chi connectivity index (χ4v) is 1.70. The van der Waals surface area contributed by atoms with E-state index in [1.807, 2.05) is 17.3 Å². The molecule has 0 bridgehead atoms. The molecule has 1 aromatic heterocycles. The van der Waals surface area contributed by atoms with E-state index in [4.69, 9.17) is 5.11 Å². The Bertz CT molecular complexity index is 357. The molecule has 0 saturated heterocycles. The van der Waals surface area contributed by atoms with Gasteiger partial charge in [0.25, 0.3) is 0 Å². The summed E-state index contributed by atoms with van der Waals surface area (Å²) in [4.78, 5) is 1.83. The Labute approximate surface area is 68.1 Å². The summed E-state index contributed by atoms with van der Waals surface area (Å²) in [5.74, 6) is 0. The molecule has 2 heterocycles. The number of hydrogen-bond acceptors (Lipinski definition) is 4. The van der Waals surface area contributed by atoms with E-state index in [1.54, 1.807) is 0 Å². The summed E-state index contributed by atoms with van der Waals surface area (Å²) in [5.41, 5.74) is 0. The third-order valence-corrected chi connectivity index (χ3v) is 2.45. The van der Waals surface area contributed by atoms with Gasteiger partial charge in [0.2, 0.25) is 0 Å². The average molecular weight is 168 g/mol. The van der Waals surface area contributed by atoms with E-state index in [0.717, 1.165) is 11.8 Å². The second-order valence-corrected chi connectivity index (χ2v) is 3.22. The first-order valence-corrected chi connectivity index (χ1v) is 4.15. The first-order chi connectivity index (χ1) is 5.40. The molecule has 1 aromatic rings. The van der Waals surface area contributed by atoms with Crippen LogP contribution in [0.25, 0.3) is 12.3 Å². The van der Waals surface area contributed by atoms with Crippen LogP contribution < -0.4 is 9.75 Å². The number of aromatic nitrogens is 1. The van der Waals surface area contributed by atoms with Crippen LogP contribution in [-0.2, 0) is 0 Å². The van der Waals surface area contributed by atoms with Crippen LogP contribution in [0.15, 0.2) is 6.20 Å². The van der Waals surface area contributed by atoms with Gasteiger partial charge in [-0.25, -0.2) is 0 Å². The molecule has 0 aromatic carbocycles. The Morgan fingerprint density at radius 2 is 2.64 bits per heavy atom. The molecule has 4 heteroatoms. The number of hydrogen-bond donors (Lipinski definition) is 1. The number of rotatable bonds is 1. The highest BCUT2D eigenvalue weighted by molar-refractivity contribution is 7.03. The SMILES string of the molecule is OCN1C=c2cnsc2=CC1. The summed E-state index contributed by atoms with van der Waals surface area (Å²) in [7, 11) is 0.